The number of aromatic nitrogens is 1. The van der Waals surface area contributed by atoms with Gasteiger partial charge in [0.05, 0.1) is 5.92 Å². The Bertz CT molecular complexity index is 965. The van der Waals surface area contributed by atoms with Crippen LogP contribution in [0.25, 0.3) is 0 Å². The molecule has 9 nitrogen and oxygen atoms in total. The number of likely N-dealkylation sites (tertiary alicyclic amines) is 1. The Morgan fingerprint density at radius 1 is 1.06 bits per heavy atom. The molecular weight excluding hydrogens is 408 g/mol. The van der Waals surface area contributed by atoms with Crippen molar-refractivity contribution in [3.8, 4) is 0 Å². The zero-order valence-electron chi connectivity index (χ0n) is 18.0. The number of hydrogen-bond acceptors (Lipinski definition) is 6. The number of piperidine rings is 1. The number of pyridine rings is 1. The number of rotatable bonds is 5. The summed E-state index contributed by atoms with van der Waals surface area (Å²) in [4.78, 5) is 42.9. The van der Waals surface area contributed by atoms with Crippen LogP contribution in [0.5, 0.6) is 0 Å². The zero-order chi connectivity index (χ0) is 22.5. The largest absolute Gasteiger partial charge is 0.341 e. The summed E-state index contributed by atoms with van der Waals surface area (Å²) >= 11 is 0. The maximum atomic E-state index is 13.1. The van der Waals surface area contributed by atoms with Gasteiger partial charge in [-0.25, -0.2) is 10.9 Å². The molecular formula is C23H28N6O3. The Morgan fingerprint density at radius 2 is 1.81 bits per heavy atom. The second-order valence-corrected chi connectivity index (χ2v) is 8.29. The van der Waals surface area contributed by atoms with Crippen LogP contribution in [0.4, 0.5) is 11.4 Å². The molecule has 3 atom stereocenters. The van der Waals surface area contributed by atoms with Crippen LogP contribution >= 0.6 is 0 Å². The fourth-order valence-corrected chi connectivity index (χ4v) is 4.21. The third kappa shape index (κ3) is 5.30. The SMILES string of the molecule is CC(=O)Nc1ccc(NC(=O)C2CCCN(C(=O)C3CC(c4cccnc4)NN3)C2)cc1. The molecule has 0 bridgehead atoms. The summed E-state index contributed by atoms with van der Waals surface area (Å²) in [7, 11) is 0. The molecule has 32 heavy (non-hydrogen) atoms. The second-order valence-electron chi connectivity index (χ2n) is 8.29. The van der Waals surface area contributed by atoms with Crippen molar-refractivity contribution in [3.63, 3.8) is 0 Å². The number of hydrazine groups is 1. The van der Waals surface area contributed by atoms with E-state index in [2.05, 4.69) is 26.5 Å². The summed E-state index contributed by atoms with van der Waals surface area (Å²) in [6.07, 6.45) is 5.70. The quantitative estimate of drug-likeness (QED) is 0.568. The van der Waals surface area contributed by atoms with Crippen LogP contribution in [-0.4, -0.2) is 46.7 Å². The Morgan fingerprint density at radius 3 is 2.50 bits per heavy atom. The Kier molecular flexibility index (Phi) is 6.77. The Hall–Kier alpha value is -3.30. The molecule has 4 N–H and O–H groups in total. The molecule has 0 spiro atoms. The van der Waals surface area contributed by atoms with Crippen molar-refractivity contribution in [1.29, 1.82) is 0 Å². The van der Waals surface area contributed by atoms with Crippen LogP contribution < -0.4 is 21.5 Å². The monoisotopic (exact) mass is 436 g/mol. The third-order valence-corrected chi connectivity index (χ3v) is 5.86. The second kappa shape index (κ2) is 9.88. The number of nitrogens with one attached hydrogen (secondary N) is 4. The fraction of sp³-hybridized carbons (Fsp3) is 0.391. The van der Waals surface area contributed by atoms with Gasteiger partial charge in [-0.2, -0.15) is 0 Å². The van der Waals surface area contributed by atoms with Gasteiger partial charge in [-0.3, -0.25) is 19.4 Å². The number of carbonyl (C=O) groups is 3. The van der Waals surface area contributed by atoms with Gasteiger partial charge in [-0.15, -0.1) is 0 Å². The number of carbonyl (C=O) groups excluding carboxylic acids is 3. The molecule has 3 amide bonds. The Balaban J connectivity index is 1.31. The van der Waals surface area contributed by atoms with E-state index >= 15 is 0 Å². The molecule has 1 aromatic carbocycles. The lowest BCUT2D eigenvalue weighted by atomic mass is 9.95. The predicted octanol–water partition coefficient (Wildman–Crippen LogP) is 1.82. The van der Waals surface area contributed by atoms with Crippen LogP contribution in [-0.2, 0) is 14.4 Å². The van der Waals surface area contributed by atoms with E-state index in [1.165, 1.54) is 6.92 Å². The molecule has 0 aliphatic carbocycles. The van der Waals surface area contributed by atoms with Crippen molar-refractivity contribution in [3.05, 3.63) is 54.4 Å². The normalized spacial score (nSPS) is 22.9. The fourth-order valence-electron chi connectivity index (χ4n) is 4.21. The minimum atomic E-state index is -0.330. The van der Waals surface area contributed by atoms with Gasteiger partial charge in [0.2, 0.25) is 17.7 Å². The van der Waals surface area contributed by atoms with Crippen molar-refractivity contribution >= 4 is 29.1 Å². The molecule has 168 valence electrons. The average molecular weight is 437 g/mol. The average Bonchev–Trinajstić information content (AvgIpc) is 3.30. The number of hydrogen-bond donors (Lipinski definition) is 4. The van der Waals surface area contributed by atoms with E-state index in [0.717, 1.165) is 18.4 Å². The molecule has 2 saturated heterocycles. The van der Waals surface area contributed by atoms with Gasteiger partial charge >= 0.3 is 0 Å². The summed E-state index contributed by atoms with van der Waals surface area (Å²) in [5, 5.41) is 5.62. The van der Waals surface area contributed by atoms with E-state index < -0.39 is 0 Å². The molecule has 2 aromatic rings. The molecule has 0 radical (unpaired) electrons. The van der Waals surface area contributed by atoms with Gasteiger partial charge < -0.3 is 15.5 Å². The first kappa shape index (κ1) is 21.9. The van der Waals surface area contributed by atoms with Gasteiger partial charge in [-0.1, -0.05) is 6.07 Å². The predicted molar refractivity (Wildman–Crippen MR) is 120 cm³/mol. The lowest BCUT2D eigenvalue weighted by Gasteiger charge is -2.33. The minimum absolute atomic E-state index is 0.0149. The van der Waals surface area contributed by atoms with E-state index in [4.69, 9.17) is 0 Å². The van der Waals surface area contributed by atoms with E-state index in [1.807, 2.05) is 12.1 Å². The van der Waals surface area contributed by atoms with E-state index in [-0.39, 0.29) is 35.7 Å². The summed E-state index contributed by atoms with van der Waals surface area (Å²) < 4.78 is 0. The standard InChI is InChI=1S/C23H28N6O3/c1-15(30)25-18-6-8-19(9-7-18)26-22(31)17-5-3-11-29(14-17)23(32)21-12-20(27-28-21)16-4-2-10-24-13-16/h2,4,6-10,13,17,20-21,27-28H,3,5,11-12,14H2,1H3,(H,25,30)(H,26,31). The van der Waals surface area contributed by atoms with E-state index in [1.54, 1.807) is 41.6 Å². The number of anilines is 2. The van der Waals surface area contributed by atoms with Gasteiger partial charge in [0.25, 0.3) is 0 Å². The number of amides is 3. The van der Waals surface area contributed by atoms with Crippen molar-refractivity contribution in [1.82, 2.24) is 20.7 Å². The van der Waals surface area contributed by atoms with Crippen LogP contribution in [0.2, 0.25) is 0 Å². The lowest BCUT2D eigenvalue weighted by Crippen LogP contribution is -2.50. The van der Waals surface area contributed by atoms with Crippen molar-refractivity contribution in [2.45, 2.75) is 38.3 Å². The first-order chi connectivity index (χ1) is 15.5. The molecule has 4 rings (SSSR count). The molecule has 3 unspecified atom stereocenters. The highest BCUT2D eigenvalue weighted by molar-refractivity contribution is 5.94. The highest BCUT2D eigenvalue weighted by Crippen LogP contribution is 2.25. The van der Waals surface area contributed by atoms with Gasteiger partial charge in [0, 0.05) is 49.8 Å². The minimum Gasteiger partial charge on any atom is -0.341 e. The number of benzene rings is 1. The highest BCUT2D eigenvalue weighted by Gasteiger charge is 2.36. The molecule has 2 aliphatic heterocycles. The maximum absolute atomic E-state index is 13.1. The summed E-state index contributed by atoms with van der Waals surface area (Å²) in [6, 6.07) is 10.6. The van der Waals surface area contributed by atoms with E-state index in [9.17, 15) is 14.4 Å². The number of nitrogens with zero attached hydrogens (tertiary/aromatic N) is 2. The van der Waals surface area contributed by atoms with Gasteiger partial charge in [-0.05, 0) is 55.2 Å². The summed E-state index contributed by atoms with van der Waals surface area (Å²) in [5.74, 6) is -0.486. The highest BCUT2D eigenvalue weighted by atomic mass is 16.2. The first-order valence-electron chi connectivity index (χ1n) is 10.9. The van der Waals surface area contributed by atoms with Gasteiger partial charge in [0.15, 0.2) is 0 Å². The van der Waals surface area contributed by atoms with Crippen molar-refractivity contribution in [2.75, 3.05) is 23.7 Å². The molecule has 2 aliphatic rings. The van der Waals surface area contributed by atoms with Crippen LogP contribution in [0, 0.1) is 5.92 Å². The molecule has 9 heteroatoms. The topological polar surface area (TPSA) is 115 Å². The van der Waals surface area contributed by atoms with Gasteiger partial charge in [0.1, 0.15) is 6.04 Å². The molecule has 2 fully saturated rings. The first-order valence-corrected chi connectivity index (χ1v) is 10.9. The van der Waals surface area contributed by atoms with Crippen LogP contribution in [0.1, 0.15) is 37.8 Å². The summed E-state index contributed by atoms with van der Waals surface area (Å²) in [6.45, 7) is 2.51. The van der Waals surface area contributed by atoms with E-state index in [0.29, 0.717) is 30.9 Å². The smallest absolute Gasteiger partial charge is 0.241 e. The van der Waals surface area contributed by atoms with Crippen molar-refractivity contribution in [2.24, 2.45) is 5.92 Å². The molecule has 1 aromatic heterocycles. The van der Waals surface area contributed by atoms with Crippen LogP contribution in [0.3, 0.4) is 0 Å². The van der Waals surface area contributed by atoms with Crippen molar-refractivity contribution < 1.29 is 14.4 Å². The third-order valence-electron chi connectivity index (χ3n) is 5.86. The Labute approximate surface area is 186 Å². The maximum Gasteiger partial charge on any atom is 0.241 e. The van der Waals surface area contributed by atoms with Crippen LogP contribution in [0.15, 0.2) is 48.8 Å². The zero-order valence-corrected chi connectivity index (χ0v) is 18.0. The molecule has 0 saturated carbocycles. The summed E-state index contributed by atoms with van der Waals surface area (Å²) in [5.41, 5.74) is 8.66. The lowest BCUT2D eigenvalue weighted by molar-refractivity contribution is -0.136. The molecule has 3 heterocycles.